The average molecular weight is 442 g/mol. The topological polar surface area (TPSA) is 69.2 Å². The van der Waals surface area contributed by atoms with Crippen LogP contribution in [0.25, 0.3) is 5.69 Å². The minimum atomic E-state index is 0.0625. The van der Waals surface area contributed by atoms with Crippen molar-refractivity contribution in [2.75, 3.05) is 0 Å². The third-order valence-electron chi connectivity index (χ3n) is 5.22. The first-order valence-electron chi connectivity index (χ1n) is 9.78. The Hall–Kier alpha value is -2.71. The van der Waals surface area contributed by atoms with E-state index in [0.717, 1.165) is 22.9 Å². The molecule has 3 heterocycles. The molecule has 9 heteroatoms. The monoisotopic (exact) mass is 441 g/mol. The van der Waals surface area contributed by atoms with Crippen molar-refractivity contribution >= 4 is 23.8 Å². The predicted octanol–water partition coefficient (Wildman–Crippen LogP) is 4.75. The fourth-order valence-corrected chi connectivity index (χ4v) is 3.90. The second kappa shape index (κ2) is 8.20. The van der Waals surface area contributed by atoms with Gasteiger partial charge in [-0.3, -0.25) is 19.0 Å². The summed E-state index contributed by atoms with van der Waals surface area (Å²) < 4.78 is 6.30. The van der Waals surface area contributed by atoms with Gasteiger partial charge in [-0.15, -0.1) is 0 Å². The highest BCUT2D eigenvalue weighted by Gasteiger charge is 2.19. The van der Waals surface area contributed by atoms with Gasteiger partial charge in [0.2, 0.25) is 0 Å². The van der Waals surface area contributed by atoms with Crippen LogP contribution in [0.5, 0.6) is 0 Å². The molecular formula is C21H24ClN7S. The van der Waals surface area contributed by atoms with Crippen molar-refractivity contribution in [3.8, 4) is 5.69 Å². The number of nitrogens with one attached hydrogen (secondary N) is 1. The Morgan fingerprint density at radius 1 is 1.17 bits per heavy atom. The van der Waals surface area contributed by atoms with Crippen molar-refractivity contribution in [1.29, 1.82) is 0 Å². The molecule has 0 saturated heterocycles. The number of aromatic amines is 1. The van der Waals surface area contributed by atoms with E-state index in [4.69, 9.17) is 23.8 Å². The molecule has 4 aromatic rings. The molecule has 0 amide bonds. The van der Waals surface area contributed by atoms with Gasteiger partial charge in [0.1, 0.15) is 5.82 Å². The summed E-state index contributed by atoms with van der Waals surface area (Å²) in [7, 11) is 0. The van der Waals surface area contributed by atoms with Gasteiger partial charge in [-0.1, -0.05) is 48.4 Å². The molecule has 0 aliphatic rings. The molecule has 0 spiro atoms. The molecule has 7 nitrogen and oxygen atoms in total. The van der Waals surface area contributed by atoms with Crippen LogP contribution in [0.3, 0.4) is 0 Å². The van der Waals surface area contributed by atoms with Crippen molar-refractivity contribution in [2.24, 2.45) is 0 Å². The molecular weight excluding hydrogens is 418 g/mol. The van der Waals surface area contributed by atoms with Gasteiger partial charge in [0.05, 0.1) is 41.4 Å². The third kappa shape index (κ3) is 3.97. The predicted molar refractivity (Wildman–Crippen MR) is 120 cm³/mol. The summed E-state index contributed by atoms with van der Waals surface area (Å²) >= 11 is 11.8. The summed E-state index contributed by atoms with van der Waals surface area (Å²) in [5.74, 6) is 0.894. The molecule has 0 aliphatic carbocycles. The van der Waals surface area contributed by atoms with Crippen molar-refractivity contribution < 1.29 is 0 Å². The van der Waals surface area contributed by atoms with Crippen LogP contribution < -0.4 is 0 Å². The minimum absolute atomic E-state index is 0.0625. The fraction of sp³-hybridized carbons (Fsp3) is 0.333. The standard InChI is InChI=1S/C21H24ClN7S/c1-13-5-7-17(8-6-13)11-27-12-18(9-23-27)29-20(24-25-21(29)30)14(2)10-28-16(4)19(22)15(3)26-28/h5-9,12,14H,10-11H2,1-4H3,(H,25,30). The van der Waals surface area contributed by atoms with Crippen LogP contribution in [-0.2, 0) is 13.1 Å². The van der Waals surface area contributed by atoms with E-state index in [9.17, 15) is 0 Å². The number of halogens is 1. The Bertz CT molecular complexity index is 1230. The average Bonchev–Trinajstić information content (AvgIpc) is 3.39. The number of hydrogen-bond donors (Lipinski definition) is 1. The zero-order valence-electron chi connectivity index (χ0n) is 17.4. The Labute approximate surface area is 185 Å². The highest BCUT2D eigenvalue weighted by Crippen LogP contribution is 2.24. The molecule has 1 unspecified atom stereocenters. The molecule has 4 rings (SSSR count). The van der Waals surface area contributed by atoms with Crippen molar-refractivity contribution in [3.05, 3.63) is 74.8 Å². The maximum atomic E-state index is 6.30. The molecule has 156 valence electrons. The second-order valence-electron chi connectivity index (χ2n) is 7.67. The first-order chi connectivity index (χ1) is 14.3. The van der Waals surface area contributed by atoms with Crippen LogP contribution in [0.2, 0.25) is 5.02 Å². The SMILES string of the molecule is Cc1ccc(Cn2cc(-n3c(C(C)Cn4nc(C)c(Cl)c4C)n[nH]c3=S)cn2)cc1. The molecule has 0 bridgehead atoms. The van der Waals surface area contributed by atoms with Gasteiger partial charge < -0.3 is 0 Å². The molecule has 3 aromatic heterocycles. The first kappa shape index (κ1) is 20.6. The van der Waals surface area contributed by atoms with E-state index >= 15 is 0 Å². The lowest BCUT2D eigenvalue weighted by molar-refractivity contribution is 0.506. The van der Waals surface area contributed by atoms with Crippen molar-refractivity contribution in [2.45, 2.75) is 46.7 Å². The van der Waals surface area contributed by atoms with Gasteiger partial charge in [-0.05, 0) is 38.6 Å². The van der Waals surface area contributed by atoms with Gasteiger partial charge in [-0.25, -0.2) is 0 Å². The second-order valence-corrected chi connectivity index (χ2v) is 8.44. The van der Waals surface area contributed by atoms with Crippen molar-refractivity contribution in [3.63, 3.8) is 0 Å². The van der Waals surface area contributed by atoms with Gasteiger partial charge in [0.25, 0.3) is 0 Å². The normalized spacial score (nSPS) is 12.4. The van der Waals surface area contributed by atoms with E-state index in [2.05, 4.69) is 58.5 Å². The number of H-pyrrole nitrogens is 1. The molecule has 1 atom stereocenters. The molecule has 30 heavy (non-hydrogen) atoms. The fourth-order valence-electron chi connectivity index (χ4n) is 3.52. The zero-order valence-corrected chi connectivity index (χ0v) is 19.0. The van der Waals surface area contributed by atoms with Gasteiger partial charge in [-0.2, -0.15) is 15.3 Å². The molecule has 1 aromatic carbocycles. The van der Waals surface area contributed by atoms with Crippen LogP contribution >= 0.6 is 23.8 Å². The first-order valence-corrected chi connectivity index (χ1v) is 10.6. The number of hydrogen-bond acceptors (Lipinski definition) is 4. The van der Waals surface area contributed by atoms with E-state index in [1.54, 1.807) is 0 Å². The summed E-state index contributed by atoms with van der Waals surface area (Å²) in [5.41, 5.74) is 5.10. The van der Waals surface area contributed by atoms with Crippen LogP contribution in [0.15, 0.2) is 36.7 Å². The summed E-state index contributed by atoms with van der Waals surface area (Å²) in [5, 5.41) is 17.2. The molecule has 0 radical (unpaired) electrons. The summed E-state index contributed by atoms with van der Waals surface area (Å²) in [6.07, 6.45) is 3.80. The van der Waals surface area contributed by atoms with E-state index in [1.807, 2.05) is 40.2 Å². The lowest BCUT2D eigenvalue weighted by Crippen LogP contribution is -2.13. The Balaban J connectivity index is 1.59. The summed E-state index contributed by atoms with van der Waals surface area (Å²) in [6.45, 7) is 9.41. The van der Waals surface area contributed by atoms with Crippen molar-refractivity contribution in [1.82, 2.24) is 34.3 Å². The molecule has 0 aliphatic heterocycles. The number of nitrogens with zero attached hydrogens (tertiary/aromatic N) is 6. The molecule has 1 N–H and O–H groups in total. The lowest BCUT2D eigenvalue weighted by atomic mass is 10.1. The third-order valence-corrected chi connectivity index (χ3v) is 6.04. The highest BCUT2D eigenvalue weighted by atomic mass is 35.5. The van der Waals surface area contributed by atoms with Crippen LogP contribution in [-0.4, -0.2) is 34.3 Å². The quantitative estimate of drug-likeness (QED) is 0.438. The van der Waals surface area contributed by atoms with E-state index < -0.39 is 0 Å². The van der Waals surface area contributed by atoms with E-state index in [0.29, 0.717) is 22.9 Å². The highest BCUT2D eigenvalue weighted by molar-refractivity contribution is 7.71. The maximum absolute atomic E-state index is 6.30. The maximum Gasteiger partial charge on any atom is 0.199 e. The van der Waals surface area contributed by atoms with Crippen LogP contribution in [0, 0.1) is 25.5 Å². The largest absolute Gasteiger partial charge is 0.269 e. The smallest absolute Gasteiger partial charge is 0.199 e. The van der Waals surface area contributed by atoms with E-state index in [1.165, 1.54) is 11.1 Å². The Kier molecular flexibility index (Phi) is 5.62. The number of rotatable bonds is 6. The van der Waals surface area contributed by atoms with Gasteiger partial charge in [0, 0.05) is 12.1 Å². The van der Waals surface area contributed by atoms with E-state index in [-0.39, 0.29) is 5.92 Å². The van der Waals surface area contributed by atoms with Crippen LogP contribution in [0.4, 0.5) is 0 Å². The summed E-state index contributed by atoms with van der Waals surface area (Å²) in [4.78, 5) is 0. The van der Waals surface area contributed by atoms with Gasteiger partial charge >= 0.3 is 0 Å². The number of aromatic nitrogens is 7. The molecule has 0 fully saturated rings. The number of aryl methyl sites for hydroxylation is 2. The lowest BCUT2D eigenvalue weighted by Gasteiger charge is -2.13. The zero-order chi connectivity index (χ0) is 21.4. The Morgan fingerprint density at radius 2 is 1.90 bits per heavy atom. The number of benzene rings is 1. The van der Waals surface area contributed by atoms with Gasteiger partial charge in [0.15, 0.2) is 4.77 Å². The minimum Gasteiger partial charge on any atom is -0.269 e. The van der Waals surface area contributed by atoms with Crippen LogP contribution in [0.1, 0.15) is 41.2 Å². The molecule has 0 saturated carbocycles. The Morgan fingerprint density at radius 3 is 2.57 bits per heavy atom. The summed E-state index contributed by atoms with van der Waals surface area (Å²) in [6, 6.07) is 8.45.